The predicted molar refractivity (Wildman–Crippen MR) is 81.3 cm³/mol. The maximum atomic E-state index is 10.6. The van der Waals surface area contributed by atoms with E-state index in [2.05, 4.69) is 5.16 Å². The second kappa shape index (κ2) is 5.92. The molecule has 2 atom stereocenters. The lowest BCUT2D eigenvalue weighted by molar-refractivity contribution is -0.136. The molecule has 2 fully saturated rings. The summed E-state index contributed by atoms with van der Waals surface area (Å²) in [6.45, 7) is 0.519. The normalized spacial score (nSPS) is 44.4. The molecule has 2 aliphatic carbocycles. The van der Waals surface area contributed by atoms with E-state index in [1.807, 2.05) is 12.2 Å². The van der Waals surface area contributed by atoms with Gasteiger partial charge >= 0.3 is 0 Å². The van der Waals surface area contributed by atoms with E-state index in [0.29, 0.717) is 18.7 Å². The van der Waals surface area contributed by atoms with E-state index < -0.39 is 5.54 Å². The van der Waals surface area contributed by atoms with Crippen LogP contribution in [0.25, 0.3) is 0 Å². The SMILES string of the molecule is COC1C=CC2(CC1)/C(=N/O)C1(CCC(OC)CC1)CN2O. The van der Waals surface area contributed by atoms with Crippen LogP contribution in [0.4, 0.5) is 0 Å². The van der Waals surface area contributed by atoms with Crippen LogP contribution in [0.15, 0.2) is 17.3 Å². The van der Waals surface area contributed by atoms with Crippen LogP contribution >= 0.6 is 0 Å². The number of hydrogen-bond acceptors (Lipinski definition) is 6. The van der Waals surface area contributed by atoms with Crippen molar-refractivity contribution in [3.05, 3.63) is 12.2 Å². The second-order valence-electron chi connectivity index (χ2n) is 6.82. The van der Waals surface area contributed by atoms with Crippen molar-refractivity contribution in [1.29, 1.82) is 0 Å². The molecule has 6 nitrogen and oxygen atoms in total. The first kappa shape index (κ1) is 15.9. The fourth-order valence-corrected chi connectivity index (χ4v) is 4.47. The summed E-state index contributed by atoms with van der Waals surface area (Å²) < 4.78 is 10.8. The third-order valence-corrected chi connectivity index (χ3v) is 5.85. The van der Waals surface area contributed by atoms with E-state index in [0.717, 1.165) is 32.1 Å². The highest BCUT2D eigenvalue weighted by Crippen LogP contribution is 2.51. The van der Waals surface area contributed by atoms with Crippen LogP contribution in [-0.4, -0.2) is 59.7 Å². The van der Waals surface area contributed by atoms with Gasteiger partial charge in [0.05, 0.1) is 17.9 Å². The zero-order valence-corrected chi connectivity index (χ0v) is 13.4. The number of methoxy groups -OCH3 is 2. The van der Waals surface area contributed by atoms with Crippen LogP contribution in [0.3, 0.4) is 0 Å². The van der Waals surface area contributed by atoms with Gasteiger partial charge in [0.15, 0.2) is 0 Å². The number of ether oxygens (including phenoxy) is 2. The van der Waals surface area contributed by atoms with Crippen molar-refractivity contribution < 1.29 is 19.9 Å². The molecule has 0 radical (unpaired) electrons. The second-order valence-corrected chi connectivity index (χ2v) is 6.82. The molecule has 0 aromatic rings. The molecule has 1 saturated carbocycles. The van der Waals surface area contributed by atoms with Crippen LogP contribution in [0, 0.1) is 5.41 Å². The highest BCUT2D eigenvalue weighted by atomic mass is 16.5. The summed E-state index contributed by atoms with van der Waals surface area (Å²) >= 11 is 0. The Hall–Kier alpha value is -0.950. The zero-order chi connectivity index (χ0) is 15.8. The maximum Gasteiger partial charge on any atom is 0.106 e. The fraction of sp³-hybridized carbons (Fsp3) is 0.812. The molecular formula is C16H26N2O4. The molecule has 3 rings (SSSR count). The van der Waals surface area contributed by atoms with Crippen molar-refractivity contribution in [1.82, 2.24) is 5.06 Å². The standard InChI is InChI=1S/C16H26N2O4/c1-21-12-3-7-15(8-4-12)11-18(20)16(14(15)17-19)9-5-13(22-2)6-10-16/h5,9,12-13,19-20H,3-4,6-8,10-11H2,1-2H3/b17-14+. The number of oxime groups is 1. The third kappa shape index (κ3) is 2.29. The summed E-state index contributed by atoms with van der Waals surface area (Å²) in [5.74, 6) is 0. The summed E-state index contributed by atoms with van der Waals surface area (Å²) in [5, 5.41) is 25.4. The van der Waals surface area contributed by atoms with Crippen molar-refractivity contribution in [3.8, 4) is 0 Å². The Kier molecular flexibility index (Phi) is 4.29. The van der Waals surface area contributed by atoms with Crippen molar-refractivity contribution in [2.24, 2.45) is 10.6 Å². The first-order chi connectivity index (χ1) is 10.6. The van der Waals surface area contributed by atoms with Gasteiger partial charge in [-0.3, -0.25) is 0 Å². The van der Waals surface area contributed by atoms with Crippen molar-refractivity contribution >= 4 is 5.71 Å². The molecule has 2 spiro atoms. The molecule has 0 amide bonds. The van der Waals surface area contributed by atoms with E-state index in [1.165, 1.54) is 5.06 Å². The monoisotopic (exact) mass is 310 g/mol. The Bertz CT molecular complexity index is 471. The number of hydroxylamine groups is 2. The molecule has 3 aliphatic rings. The van der Waals surface area contributed by atoms with Gasteiger partial charge in [0.2, 0.25) is 0 Å². The topological polar surface area (TPSA) is 74.5 Å². The molecule has 124 valence electrons. The van der Waals surface area contributed by atoms with E-state index in [1.54, 1.807) is 14.2 Å². The quantitative estimate of drug-likeness (QED) is 0.465. The summed E-state index contributed by atoms with van der Waals surface area (Å²) in [6.07, 6.45) is 9.40. The lowest BCUT2D eigenvalue weighted by Crippen LogP contribution is -2.49. The van der Waals surface area contributed by atoms with E-state index in [9.17, 15) is 10.4 Å². The molecule has 0 bridgehead atoms. The van der Waals surface area contributed by atoms with Gasteiger partial charge in [-0.15, -0.1) is 0 Å². The van der Waals surface area contributed by atoms with Gasteiger partial charge in [-0.25, -0.2) is 0 Å². The zero-order valence-electron chi connectivity index (χ0n) is 13.4. The Balaban J connectivity index is 1.88. The predicted octanol–water partition coefficient (Wildman–Crippen LogP) is 2.20. The molecule has 0 aromatic heterocycles. The van der Waals surface area contributed by atoms with Gasteiger partial charge in [0.1, 0.15) is 5.54 Å². The average Bonchev–Trinajstić information content (AvgIpc) is 2.77. The number of nitrogens with zero attached hydrogens (tertiary/aromatic N) is 2. The van der Waals surface area contributed by atoms with Gasteiger partial charge < -0.3 is 19.9 Å². The average molecular weight is 310 g/mol. The van der Waals surface area contributed by atoms with E-state index in [4.69, 9.17) is 9.47 Å². The van der Waals surface area contributed by atoms with Crippen molar-refractivity contribution in [2.75, 3.05) is 20.8 Å². The number of hydrogen-bond donors (Lipinski definition) is 2. The smallest absolute Gasteiger partial charge is 0.106 e. The van der Waals surface area contributed by atoms with Crippen LogP contribution in [0.1, 0.15) is 38.5 Å². The summed E-state index contributed by atoms with van der Waals surface area (Å²) in [6, 6.07) is 0. The Morgan fingerprint density at radius 2 is 1.91 bits per heavy atom. The fourth-order valence-electron chi connectivity index (χ4n) is 4.47. The van der Waals surface area contributed by atoms with Crippen LogP contribution in [0.2, 0.25) is 0 Å². The Morgan fingerprint density at radius 3 is 2.41 bits per heavy atom. The van der Waals surface area contributed by atoms with Gasteiger partial charge in [0.25, 0.3) is 0 Å². The third-order valence-electron chi connectivity index (χ3n) is 5.85. The molecule has 2 N–H and O–H groups in total. The highest BCUT2D eigenvalue weighted by Gasteiger charge is 2.59. The minimum atomic E-state index is -0.677. The summed E-state index contributed by atoms with van der Waals surface area (Å²) in [4.78, 5) is 0. The Labute approximate surface area is 131 Å². The van der Waals surface area contributed by atoms with Crippen LogP contribution in [0.5, 0.6) is 0 Å². The largest absolute Gasteiger partial charge is 0.411 e. The lowest BCUT2D eigenvalue weighted by Gasteiger charge is -2.39. The molecule has 1 heterocycles. The van der Waals surface area contributed by atoms with Gasteiger partial charge in [-0.1, -0.05) is 17.3 Å². The molecule has 2 unspecified atom stereocenters. The van der Waals surface area contributed by atoms with Crippen molar-refractivity contribution in [3.63, 3.8) is 0 Å². The minimum absolute atomic E-state index is 0.0692. The molecule has 1 saturated heterocycles. The van der Waals surface area contributed by atoms with Crippen LogP contribution in [-0.2, 0) is 9.47 Å². The highest BCUT2D eigenvalue weighted by molar-refractivity contribution is 6.02. The first-order valence-electron chi connectivity index (χ1n) is 8.05. The van der Waals surface area contributed by atoms with Crippen LogP contribution < -0.4 is 0 Å². The van der Waals surface area contributed by atoms with E-state index >= 15 is 0 Å². The molecule has 0 aromatic carbocycles. The first-order valence-corrected chi connectivity index (χ1v) is 8.05. The molecular weight excluding hydrogens is 284 g/mol. The summed E-state index contributed by atoms with van der Waals surface area (Å²) in [7, 11) is 3.43. The maximum absolute atomic E-state index is 10.6. The molecule has 1 aliphatic heterocycles. The van der Waals surface area contributed by atoms with Gasteiger partial charge in [-0.05, 0) is 38.5 Å². The Morgan fingerprint density at radius 1 is 1.18 bits per heavy atom. The number of rotatable bonds is 2. The lowest BCUT2D eigenvalue weighted by atomic mass is 9.66. The van der Waals surface area contributed by atoms with Gasteiger partial charge in [0, 0.05) is 26.2 Å². The molecule has 22 heavy (non-hydrogen) atoms. The summed E-state index contributed by atoms with van der Waals surface area (Å²) in [5.41, 5.74) is -0.213. The molecule has 6 heteroatoms. The van der Waals surface area contributed by atoms with Crippen molar-refractivity contribution in [2.45, 2.75) is 56.3 Å². The van der Waals surface area contributed by atoms with E-state index in [-0.39, 0.29) is 17.6 Å². The van der Waals surface area contributed by atoms with Gasteiger partial charge in [-0.2, -0.15) is 5.06 Å². The minimum Gasteiger partial charge on any atom is -0.411 e.